The van der Waals surface area contributed by atoms with Gasteiger partial charge in [-0.25, -0.2) is 0 Å². The Hall–Kier alpha value is -1.49. The first-order chi connectivity index (χ1) is 8.13. The van der Waals surface area contributed by atoms with E-state index in [0.717, 1.165) is 11.3 Å². The van der Waals surface area contributed by atoms with Crippen LogP contribution in [0.25, 0.3) is 0 Å². The number of para-hydroxylation sites is 1. The van der Waals surface area contributed by atoms with Crippen molar-refractivity contribution in [3.8, 4) is 0 Å². The Morgan fingerprint density at radius 1 is 1.53 bits per heavy atom. The van der Waals surface area contributed by atoms with Gasteiger partial charge in [-0.1, -0.05) is 18.2 Å². The van der Waals surface area contributed by atoms with Crippen molar-refractivity contribution in [2.75, 3.05) is 18.5 Å². The van der Waals surface area contributed by atoms with E-state index in [1.54, 1.807) is 6.82 Å². The van der Waals surface area contributed by atoms with Gasteiger partial charge >= 0.3 is 13.0 Å². The molecule has 0 aliphatic carbocycles. The minimum absolute atomic E-state index is 0.204. The van der Waals surface area contributed by atoms with Gasteiger partial charge < -0.3 is 14.6 Å². The van der Waals surface area contributed by atoms with Crippen molar-refractivity contribution in [1.82, 2.24) is 0 Å². The molecular formula is C12H16BNO3. The van der Waals surface area contributed by atoms with Crippen LogP contribution < -0.4 is 4.81 Å². The number of carbonyl (C=O) groups is 1. The van der Waals surface area contributed by atoms with E-state index in [0.29, 0.717) is 13.0 Å². The number of rotatable bonds is 2. The molecule has 1 aromatic rings. The maximum atomic E-state index is 11.6. The monoisotopic (exact) mass is 233 g/mol. The van der Waals surface area contributed by atoms with Crippen molar-refractivity contribution >= 4 is 18.7 Å². The standard InChI is InChI=1S/C12H16BNO3/c1-13(16)14-8-10(12(15)17-2)7-9-5-3-4-6-11(9)14/h3-6,10,16H,7-8H2,1-2H3. The van der Waals surface area contributed by atoms with Crippen molar-refractivity contribution < 1.29 is 14.6 Å². The molecule has 2 rings (SSSR count). The summed E-state index contributed by atoms with van der Waals surface area (Å²) >= 11 is 0. The summed E-state index contributed by atoms with van der Waals surface area (Å²) in [5.74, 6) is -0.422. The highest BCUT2D eigenvalue weighted by Crippen LogP contribution is 2.30. The van der Waals surface area contributed by atoms with Crippen molar-refractivity contribution in [2.45, 2.75) is 13.2 Å². The largest absolute Gasteiger partial charge is 0.469 e. The van der Waals surface area contributed by atoms with Crippen LogP contribution in [-0.2, 0) is 16.0 Å². The molecule has 5 heteroatoms. The molecule has 1 unspecified atom stereocenters. The number of benzene rings is 1. The predicted molar refractivity (Wildman–Crippen MR) is 66.8 cm³/mol. The minimum Gasteiger partial charge on any atom is -0.469 e. The normalized spacial score (nSPS) is 18.5. The maximum absolute atomic E-state index is 11.6. The molecule has 0 spiro atoms. The Bertz CT molecular complexity index is 422. The van der Waals surface area contributed by atoms with E-state index in [2.05, 4.69) is 0 Å². The van der Waals surface area contributed by atoms with E-state index >= 15 is 0 Å². The van der Waals surface area contributed by atoms with Gasteiger partial charge in [-0.2, -0.15) is 0 Å². The van der Waals surface area contributed by atoms with E-state index in [1.165, 1.54) is 7.11 Å². The summed E-state index contributed by atoms with van der Waals surface area (Å²) in [7, 11) is 0.791. The molecular weight excluding hydrogens is 217 g/mol. The van der Waals surface area contributed by atoms with Crippen LogP contribution in [0.4, 0.5) is 5.69 Å². The topological polar surface area (TPSA) is 49.8 Å². The summed E-state index contributed by atoms with van der Waals surface area (Å²) in [6, 6.07) is 7.83. The zero-order valence-electron chi connectivity index (χ0n) is 10.1. The van der Waals surface area contributed by atoms with Crippen molar-refractivity contribution in [3.05, 3.63) is 29.8 Å². The SMILES string of the molecule is COC(=O)C1Cc2ccccc2N(B(C)O)C1. The van der Waals surface area contributed by atoms with E-state index in [4.69, 9.17) is 4.74 Å². The van der Waals surface area contributed by atoms with Gasteiger partial charge in [0, 0.05) is 12.2 Å². The second-order valence-electron chi connectivity index (χ2n) is 4.34. The minimum atomic E-state index is -0.608. The molecule has 1 aliphatic rings. The van der Waals surface area contributed by atoms with Crippen LogP contribution in [0.3, 0.4) is 0 Å². The lowest BCUT2D eigenvalue weighted by atomic mass is 9.78. The van der Waals surface area contributed by atoms with Crippen LogP contribution >= 0.6 is 0 Å². The molecule has 90 valence electrons. The zero-order valence-corrected chi connectivity index (χ0v) is 10.1. The molecule has 1 aromatic carbocycles. The van der Waals surface area contributed by atoms with Crippen molar-refractivity contribution in [3.63, 3.8) is 0 Å². The van der Waals surface area contributed by atoms with E-state index in [-0.39, 0.29) is 11.9 Å². The van der Waals surface area contributed by atoms with E-state index < -0.39 is 7.05 Å². The number of anilines is 1. The summed E-state index contributed by atoms with van der Waals surface area (Å²) in [5.41, 5.74) is 2.08. The summed E-state index contributed by atoms with van der Waals surface area (Å²) in [4.78, 5) is 13.4. The Kier molecular flexibility index (Phi) is 3.38. The molecule has 1 heterocycles. The van der Waals surface area contributed by atoms with Gasteiger partial charge in [0.1, 0.15) is 0 Å². The highest BCUT2D eigenvalue weighted by Gasteiger charge is 2.32. The smallest absolute Gasteiger partial charge is 0.409 e. The number of ether oxygens (including phenoxy) is 1. The quantitative estimate of drug-likeness (QED) is 0.610. The molecule has 4 nitrogen and oxygen atoms in total. The zero-order chi connectivity index (χ0) is 12.4. The number of hydrogen-bond acceptors (Lipinski definition) is 4. The third kappa shape index (κ3) is 2.29. The number of hydrogen-bond donors (Lipinski definition) is 1. The van der Waals surface area contributed by atoms with Crippen LogP contribution in [0.1, 0.15) is 5.56 Å². The van der Waals surface area contributed by atoms with Gasteiger partial charge in [-0.05, 0) is 24.9 Å². The molecule has 1 atom stereocenters. The predicted octanol–water partition coefficient (Wildman–Crippen LogP) is 0.949. The summed E-state index contributed by atoms with van der Waals surface area (Å²) in [5, 5.41) is 9.77. The van der Waals surface area contributed by atoms with Crippen LogP contribution in [0.15, 0.2) is 24.3 Å². The fourth-order valence-corrected chi connectivity index (χ4v) is 2.31. The lowest BCUT2D eigenvalue weighted by Crippen LogP contribution is -2.46. The third-order valence-corrected chi connectivity index (χ3v) is 3.17. The highest BCUT2D eigenvalue weighted by atomic mass is 16.5. The number of nitrogens with zero attached hydrogens (tertiary/aromatic N) is 1. The van der Waals surface area contributed by atoms with Crippen molar-refractivity contribution in [1.29, 1.82) is 0 Å². The number of esters is 1. The maximum Gasteiger partial charge on any atom is 0.409 e. The van der Waals surface area contributed by atoms with Gasteiger partial charge in [0.15, 0.2) is 0 Å². The highest BCUT2D eigenvalue weighted by molar-refractivity contribution is 6.53. The van der Waals surface area contributed by atoms with Gasteiger partial charge in [-0.15, -0.1) is 0 Å². The molecule has 0 aromatic heterocycles. The van der Waals surface area contributed by atoms with Crippen molar-refractivity contribution in [2.24, 2.45) is 5.92 Å². The van der Waals surface area contributed by atoms with Crippen LogP contribution in [0, 0.1) is 5.92 Å². The Labute approximate surface area is 101 Å². The summed E-state index contributed by atoms with van der Waals surface area (Å²) < 4.78 is 4.79. The van der Waals surface area contributed by atoms with Crippen LogP contribution in [0.5, 0.6) is 0 Å². The molecule has 1 aliphatic heterocycles. The van der Waals surface area contributed by atoms with Crippen LogP contribution in [0.2, 0.25) is 6.82 Å². The molecule has 17 heavy (non-hydrogen) atoms. The van der Waals surface area contributed by atoms with E-state index in [1.807, 2.05) is 29.1 Å². The lowest BCUT2D eigenvalue weighted by molar-refractivity contribution is -0.145. The Balaban J connectivity index is 2.32. The molecule has 0 saturated heterocycles. The van der Waals surface area contributed by atoms with Gasteiger partial charge in [-0.3, -0.25) is 4.79 Å². The first-order valence-corrected chi connectivity index (χ1v) is 5.74. The molecule has 0 saturated carbocycles. The Morgan fingerprint density at radius 3 is 2.88 bits per heavy atom. The second kappa shape index (κ2) is 4.79. The molecule has 0 radical (unpaired) electrons. The van der Waals surface area contributed by atoms with Gasteiger partial charge in [0.05, 0.1) is 13.0 Å². The second-order valence-corrected chi connectivity index (χ2v) is 4.34. The lowest BCUT2D eigenvalue weighted by Gasteiger charge is -2.35. The fourth-order valence-electron chi connectivity index (χ4n) is 2.31. The number of methoxy groups -OCH3 is 1. The molecule has 0 amide bonds. The third-order valence-electron chi connectivity index (χ3n) is 3.17. The Morgan fingerprint density at radius 2 is 2.24 bits per heavy atom. The molecule has 0 bridgehead atoms. The number of carbonyl (C=O) groups excluding carboxylic acids is 1. The molecule has 0 fully saturated rings. The average Bonchev–Trinajstić information content (AvgIpc) is 2.36. The van der Waals surface area contributed by atoms with Gasteiger partial charge in [0.2, 0.25) is 0 Å². The molecule has 1 N–H and O–H groups in total. The first-order valence-electron chi connectivity index (χ1n) is 5.74. The van der Waals surface area contributed by atoms with E-state index in [9.17, 15) is 9.82 Å². The van der Waals surface area contributed by atoms with Gasteiger partial charge in [0.25, 0.3) is 0 Å². The summed E-state index contributed by atoms with van der Waals surface area (Å²) in [6.45, 7) is 2.21. The summed E-state index contributed by atoms with van der Waals surface area (Å²) in [6.07, 6.45) is 0.673. The van der Waals surface area contributed by atoms with Crippen LogP contribution in [-0.4, -0.2) is 31.7 Å². The first kappa shape index (κ1) is 12.0. The fraction of sp³-hybridized carbons (Fsp3) is 0.417. The number of fused-ring (bicyclic) bond motifs is 1. The average molecular weight is 233 g/mol.